The lowest BCUT2D eigenvalue weighted by Crippen LogP contribution is -2.38. The first-order valence-electron chi connectivity index (χ1n) is 11.0. The summed E-state index contributed by atoms with van der Waals surface area (Å²) in [5, 5.41) is 5.80. The second kappa shape index (κ2) is 10.1. The minimum Gasteiger partial charge on any atom is -0.466 e. The fourth-order valence-corrected chi connectivity index (χ4v) is 5.08. The fourth-order valence-electron chi connectivity index (χ4n) is 4.15. The summed E-state index contributed by atoms with van der Waals surface area (Å²) >= 11 is 1.48. The fraction of sp³-hybridized carbons (Fsp3) is 0.269. The lowest BCUT2D eigenvalue weighted by molar-refractivity contribution is -0.136. The first kappa shape index (κ1) is 22.9. The molecule has 0 fully saturated rings. The number of benzene rings is 2. The molecule has 2 aromatic carbocycles. The number of nitrogens with one attached hydrogen (secondary N) is 1. The topological polar surface area (TPSA) is 71.0 Å². The molecule has 0 saturated carbocycles. The van der Waals surface area contributed by atoms with Crippen LogP contribution in [0, 0.1) is 0 Å². The number of thioether (sulfide) groups is 1. The van der Waals surface area contributed by atoms with Gasteiger partial charge in [0, 0.05) is 5.70 Å². The number of carbonyl (C=O) groups excluding carboxylic acids is 2. The van der Waals surface area contributed by atoms with E-state index in [9.17, 15) is 9.59 Å². The molecule has 0 spiro atoms. The van der Waals surface area contributed by atoms with Crippen molar-refractivity contribution in [2.24, 2.45) is 4.99 Å². The van der Waals surface area contributed by atoms with Crippen LogP contribution in [-0.2, 0) is 14.3 Å². The van der Waals surface area contributed by atoms with Crippen molar-refractivity contribution in [3.05, 3.63) is 94.2 Å². The zero-order valence-electron chi connectivity index (χ0n) is 18.9. The van der Waals surface area contributed by atoms with Gasteiger partial charge in [0.1, 0.15) is 0 Å². The number of methoxy groups -OCH3 is 1. The van der Waals surface area contributed by atoms with Gasteiger partial charge in [-0.1, -0.05) is 79.3 Å². The van der Waals surface area contributed by atoms with E-state index in [1.165, 1.54) is 18.9 Å². The molecule has 2 aliphatic heterocycles. The van der Waals surface area contributed by atoms with E-state index in [2.05, 4.69) is 5.32 Å². The van der Waals surface area contributed by atoms with E-state index in [1.807, 2.05) is 84.8 Å². The van der Waals surface area contributed by atoms with Crippen molar-refractivity contribution in [1.29, 1.82) is 0 Å². The molecule has 0 bridgehead atoms. The summed E-state index contributed by atoms with van der Waals surface area (Å²) in [6, 6.07) is 19.2. The maximum absolute atomic E-state index is 13.0. The van der Waals surface area contributed by atoms with Gasteiger partial charge in [0.25, 0.3) is 0 Å². The molecule has 33 heavy (non-hydrogen) atoms. The summed E-state index contributed by atoms with van der Waals surface area (Å²) < 4.78 is 5.14. The Morgan fingerprint density at radius 2 is 1.79 bits per heavy atom. The standard InChI is InChI=1S/C26H27N3O3S/c1-4-21-23(25(31)32-3)24(19-13-9-6-10-14-19)29-20(16-33-26(29)28-21)15-22(30)27-17(2)18-11-7-5-8-12-18/h5-14,16-17,24H,4,15H2,1-3H3,(H,27,30)/t17-,24+/m0/s1. The van der Waals surface area contributed by atoms with Crippen LogP contribution < -0.4 is 5.32 Å². The van der Waals surface area contributed by atoms with E-state index < -0.39 is 12.0 Å². The Hall–Kier alpha value is -3.32. The second-order valence-corrected chi connectivity index (χ2v) is 8.72. The number of amidine groups is 1. The Labute approximate surface area is 198 Å². The summed E-state index contributed by atoms with van der Waals surface area (Å²) in [6.07, 6.45) is 0.790. The number of ether oxygens (including phenoxy) is 1. The smallest absolute Gasteiger partial charge is 0.338 e. The molecular weight excluding hydrogens is 434 g/mol. The summed E-state index contributed by atoms with van der Waals surface area (Å²) in [6.45, 7) is 3.95. The number of hydrogen-bond donors (Lipinski definition) is 1. The predicted octanol–water partition coefficient (Wildman–Crippen LogP) is 5.09. The Bertz CT molecular complexity index is 1130. The van der Waals surface area contributed by atoms with Crippen molar-refractivity contribution in [3.8, 4) is 0 Å². The average Bonchev–Trinajstić information content (AvgIpc) is 3.25. The molecule has 6 nitrogen and oxygen atoms in total. The molecule has 0 unspecified atom stereocenters. The number of allylic oxidation sites excluding steroid dienone is 1. The summed E-state index contributed by atoms with van der Waals surface area (Å²) in [4.78, 5) is 32.6. The van der Waals surface area contributed by atoms with Crippen LogP contribution in [0.4, 0.5) is 0 Å². The van der Waals surface area contributed by atoms with Gasteiger partial charge in [-0.05, 0) is 29.9 Å². The highest BCUT2D eigenvalue weighted by molar-refractivity contribution is 8.16. The zero-order valence-corrected chi connectivity index (χ0v) is 19.8. The van der Waals surface area contributed by atoms with Gasteiger partial charge in [-0.15, -0.1) is 0 Å². The van der Waals surface area contributed by atoms with Crippen LogP contribution >= 0.6 is 11.8 Å². The summed E-state index contributed by atoms with van der Waals surface area (Å²) in [5.74, 6) is -0.488. The van der Waals surface area contributed by atoms with Gasteiger partial charge < -0.3 is 15.0 Å². The molecule has 0 radical (unpaired) electrons. The minimum absolute atomic E-state index is 0.0869. The highest BCUT2D eigenvalue weighted by Gasteiger charge is 2.41. The van der Waals surface area contributed by atoms with E-state index in [0.29, 0.717) is 17.7 Å². The second-order valence-electron chi connectivity index (χ2n) is 7.89. The molecular formula is C26H27N3O3S. The highest BCUT2D eigenvalue weighted by atomic mass is 32.2. The van der Waals surface area contributed by atoms with Crippen LogP contribution in [0.15, 0.2) is 88.0 Å². The van der Waals surface area contributed by atoms with Crippen molar-refractivity contribution in [3.63, 3.8) is 0 Å². The van der Waals surface area contributed by atoms with Gasteiger partial charge in [0.2, 0.25) is 5.91 Å². The lowest BCUT2D eigenvalue weighted by Gasteiger charge is -2.36. The number of carbonyl (C=O) groups is 2. The van der Waals surface area contributed by atoms with E-state index in [-0.39, 0.29) is 18.4 Å². The summed E-state index contributed by atoms with van der Waals surface area (Å²) in [5.41, 5.74) is 4.03. The van der Waals surface area contributed by atoms with Crippen LogP contribution in [0.5, 0.6) is 0 Å². The maximum atomic E-state index is 13.0. The molecule has 0 aromatic heterocycles. The largest absolute Gasteiger partial charge is 0.466 e. The quantitative estimate of drug-likeness (QED) is 0.582. The molecule has 2 heterocycles. The number of aliphatic imine (C=N–C) groups is 1. The minimum atomic E-state index is -0.401. The normalized spacial score (nSPS) is 18.3. The monoisotopic (exact) mass is 461 g/mol. The molecule has 2 aromatic rings. The third kappa shape index (κ3) is 4.73. The third-order valence-electron chi connectivity index (χ3n) is 5.76. The first-order chi connectivity index (χ1) is 16.0. The Morgan fingerprint density at radius 3 is 2.42 bits per heavy atom. The Kier molecular flexibility index (Phi) is 6.99. The number of hydrogen-bond acceptors (Lipinski definition) is 6. The lowest BCUT2D eigenvalue weighted by atomic mass is 9.93. The molecule has 4 rings (SSSR count). The number of rotatable bonds is 7. The van der Waals surface area contributed by atoms with Gasteiger partial charge in [-0.25, -0.2) is 9.79 Å². The first-order valence-corrected chi connectivity index (χ1v) is 11.9. The van der Waals surface area contributed by atoms with Crippen LogP contribution in [-0.4, -0.2) is 29.1 Å². The Balaban J connectivity index is 1.62. The summed E-state index contributed by atoms with van der Waals surface area (Å²) in [7, 11) is 1.39. The molecule has 0 aliphatic carbocycles. The average molecular weight is 462 g/mol. The molecule has 1 N–H and O–H groups in total. The van der Waals surface area contributed by atoms with E-state index in [1.54, 1.807) is 0 Å². The predicted molar refractivity (Wildman–Crippen MR) is 131 cm³/mol. The molecule has 2 aliphatic rings. The van der Waals surface area contributed by atoms with Crippen molar-refractivity contribution in [2.45, 2.75) is 38.8 Å². The number of esters is 1. The van der Waals surface area contributed by atoms with Crippen LogP contribution in [0.3, 0.4) is 0 Å². The third-order valence-corrected chi connectivity index (χ3v) is 6.65. The molecule has 1 amide bonds. The van der Waals surface area contributed by atoms with E-state index in [4.69, 9.17) is 9.73 Å². The van der Waals surface area contributed by atoms with Gasteiger partial charge in [-0.2, -0.15) is 0 Å². The highest BCUT2D eigenvalue weighted by Crippen LogP contribution is 2.45. The molecule has 2 atom stereocenters. The van der Waals surface area contributed by atoms with Gasteiger partial charge in [0.05, 0.1) is 36.9 Å². The van der Waals surface area contributed by atoms with Crippen LogP contribution in [0.1, 0.15) is 49.9 Å². The number of amides is 1. The van der Waals surface area contributed by atoms with Gasteiger partial charge in [0.15, 0.2) is 5.17 Å². The van der Waals surface area contributed by atoms with Crippen molar-refractivity contribution in [1.82, 2.24) is 10.2 Å². The van der Waals surface area contributed by atoms with Crippen LogP contribution in [0.25, 0.3) is 0 Å². The van der Waals surface area contributed by atoms with Gasteiger partial charge in [-0.3, -0.25) is 4.79 Å². The zero-order chi connectivity index (χ0) is 23.4. The van der Waals surface area contributed by atoms with Gasteiger partial charge >= 0.3 is 5.97 Å². The number of fused-ring (bicyclic) bond motifs is 1. The maximum Gasteiger partial charge on any atom is 0.338 e. The van der Waals surface area contributed by atoms with Crippen molar-refractivity contribution >= 4 is 28.8 Å². The van der Waals surface area contributed by atoms with E-state index in [0.717, 1.165) is 22.0 Å². The SMILES string of the molecule is CCC1=C(C(=O)OC)[C@@H](c2ccccc2)N2C(CC(=O)N[C@@H](C)c3ccccc3)=CSC2=N1. The van der Waals surface area contributed by atoms with Crippen molar-refractivity contribution in [2.75, 3.05) is 7.11 Å². The van der Waals surface area contributed by atoms with Crippen molar-refractivity contribution < 1.29 is 14.3 Å². The molecule has 7 heteroatoms. The number of nitrogens with zero attached hydrogens (tertiary/aromatic N) is 2. The van der Waals surface area contributed by atoms with Crippen LogP contribution in [0.2, 0.25) is 0 Å². The Morgan fingerprint density at radius 1 is 1.12 bits per heavy atom. The van der Waals surface area contributed by atoms with E-state index >= 15 is 0 Å². The molecule has 170 valence electrons. The molecule has 0 saturated heterocycles.